The molecule has 39 heavy (non-hydrogen) atoms. The summed E-state index contributed by atoms with van der Waals surface area (Å²) < 4.78 is 27.6. The molecule has 2 aliphatic rings. The standard InChI is InChI=1S/C28H38O11/c1-14-9-11-21(35-17(4)29)15(2)10-12-23(37-19(6)31)28(8,34)26(38-20(7)32)25-24(16(3)27(33)39-25)22(13-14)36-18(5)30/h9-10,21-26,34H,3,11-13H2,1-2,4-8H3/b14-9+,15-10+/t21-,22?,23+,24+,25-,26-,28-/m0/s1. The van der Waals surface area contributed by atoms with E-state index in [9.17, 15) is 29.1 Å². The maximum absolute atomic E-state index is 12.7. The van der Waals surface area contributed by atoms with Crippen molar-refractivity contribution < 1.29 is 52.8 Å². The molecule has 0 aromatic carbocycles. The maximum Gasteiger partial charge on any atom is 0.334 e. The van der Waals surface area contributed by atoms with Crippen molar-refractivity contribution in [3.8, 4) is 0 Å². The highest BCUT2D eigenvalue weighted by atomic mass is 16.6. The van der Waals surface area contributed by atoms with E-state index < -0.39 is 71.9 Å². The average molecular weight is 551 g/mol. The highest BCUT2D eigenvalue weighted by molar-refractivity contribution is 5.91. The van der Waals surface area contributed by atoms with E-state index in [2.05, 4.69) is 6.58 Å². The first-order valence-corrected chi connectivity index (χ1v) is 12.7. The molecule has 1 unspecified atom stereocenters. The molecule has 1 N–H and O–H groups in total. The van der Waals surface area contributed by atoms with Gasteiger partial charge in [-0.3, -0.25) is 19.2 Å². The summed E-state index contributed by atoms with van der Waals surface area (Å²) in [4.78, 5) is 60.9. The molecule has 11 nitrogen and oxygen atoms in total. The van der Waals surface area contributed by atoms with Gasteiger partial charge in [-0.1, -0.05) is 24.3 Å². The molecule has 0 bridgehead atoms. The Morgan fingerprint density at radius 1 is 0.923 bits per heavy atom. The Labute approximate surface area is 228 Å². The van der Waals surface area contributed by atoms with E-state index in [0.717, 1.165) is 19.4 Å². The van der Waals surface area contributed by atoms with Gasteiger partial charge >= 0.3 is 29.8 Å². The van der Waals surface area contributed by atoms with Crippen molar-refractivity contribution in [2.24, 2.45) is 5.92 Å². The lowest BCUT2D eigenvalue weighted by molar-refractivity contribution is -0.213. The molecule has 1 fully saturated rings. The van der Waals surface area contributed by atoms with E-state index in [1.165, 1.54) is 20.8 Å². The number of rotatable bonds is 4. The molecule has 0 radical (unpaired) electrons. The molecule has 1 heterocycles. The van der Waals surface area contributed by atoms with Gasteiger partial charge in [0.2, 0.25) is 0 Å². The normalized spacial score (nSPS) is 34.6. The number of carbonyl (C=O) groups is 5. The topological polar surface area (TPSA) is 152 Å². The van der Waals surface area contributed by atoms with Crippen molar-refractivity contribution in [1.29, 1.82) is 0 Å². The summed E-state index contributed by atoms with van der Waals surface area (Å²) in [7, 11) is 0. The lowest BCUT2D eigenvalue weighted by Gasteiger charge is -2.41. The molecule has 1 saturated heterocycles. The zero-order valence-electron chi connectivity index (χ0n) is 23.5. The van der Waals surface area contributed by atoms with Crippen LogP contribution in [0.25, 0.3) is 0 Å². The van der Waals surface area contributed by atoms with Crippen molar-refractivity contribution >= 4 is 29.8 Å². The first-order chi connectivity index (χ1) is 18.0. The number of ether oxygens (including phenoxy) is 5. The summed E-state index contributed by atoms with van der Waals surface area (Å²) >= 11 is 0. The SMILES string of the molecule is C=C1C(=O)O[C@H]2[C@H]1C(OC(C)=O)C/C(C)=C/C[C@H](OC(C)=O)/C(C)=C/C[C@@H](OC(C)=O)[C@](C)(O)[C@H]2OC(C)=O. The third-order valence-corrected chi connectivity index (χ3v) is 6.78. The zero-order chi connectivity index (χ0) is 29.7. The van der Waals surface area contributed by atoms with Gasteiger partial charge in [0, 0.05) is 52.5 Å². The summed E-state index contributed by atoms with van der Waals surface area (Å²) in [5.41, 5.74) is -0.757. The van der Waals surface area contributed by atoms with E-state index in [4.69, 9.17) is 23.7 Å². The molecule has 7 atom stereocenters. The first-order valence-electron chi connectivity index (χ1n) is 12.7. The minimum atomic E-state index is -2.10. The van der Waals surface area contributed by atoms with Gasteiger partial charge in [-0.2, -0.15) is 0 Å². The van der Waals surface area contributed by atoms with Crippen LogP contribution in [0.15, 0.2) is 35.5 Å². The first kappa shape index (κ1) is 31.7. The summed E-state index contributed by atoms with van der Waals surface area (Å²) in [5.74, 6) is -4.47. The van der Waals surface area contributed by atoms with Gasteiger partial charge < -0.3 is 28.8 Å². The fraction of sp³-hybridized carbons (Fsp3) is 0.607. The minimum Gasteiger partial charge on any atom is -0.461 e. The van der Waals surface area contributed by atoms with Crippen LogP contribution in [0.1, 0.15) is 67.7 Å². The lowest BCUT2D eigenvalue weighted by atomic mass is 9.78. The quantitative estimate of drug-likeness (QED) is 0.238. The van der Waals surface area contributed by atoms with Crippen LogP contribution in [-0.4, -0.2) is 71.1 Å². The van der Waals surface area contributed by atoms with Crippen molar-refractivity contribution in [3.05, 3.63) is 35.5 Å². The molecule has 0 spiro atoms. The van der Waals surface area contributed by atoms with Crippen LogP contribution in [-0.2, 0) is 47.7 Å². The summed E-state index contributed by atoms with van der Waals surface area (Å²) in [6.07, 6.45) is -1.96. The predicted molar refractivity (Wildman–Crippen MR) is 137 cm³/mol. The van der Waals surface area contributed by atoms with Crippen LogP contribution < -0.4 is 0 Å². The van der Waals surface area contributed by atoms with Crippen LogP contribution in [0.3, 0.4) is 0 Å². The molecule has 11 heteroatoms. The molecular formula is C28H38O11. The third-order valence-electron chi connectivity index (χ3n) is 6.78. The van der Waals surface area contributed by atoms with Gasteiger partial charge in [0.05, 0.1) is 5.92 Å². The average Bonchev–Trinajstić information content (AvgIpc) is 3.09. The van der Waals surface area contributed by atoms with Crippen LogP contribution in [0.5, 0.6) is 0 Å². The zero-order valence-corrected chi connectivity index (χ0v) is 23.5. The molecule has 0 saturated carbocycles. The number of fused-ring (bicyclic) bond motifs is 1. The van der Waals surface area contributed by atoms with Gasteiger partial charge in [-0.25, -0.2) is 4.79 Å². The maximum atomic E-state index is 12.7. The molecule has 216 valence electrons. The second-order valence-electron chi connectivity index (χ2n) is 10.2. The van der Waals surface area contributed by atoms with E-state index in [1.54, 1.807) is 19.9 Å². The Morgan fingerprint density at radius 2 is 1.49 bits per heavy atom. The Balaban J connectivity index is 2.78. The fourth-order valence-electron chi connectivity index (χ4n) is 4.90. The second-order valence-corrected chi connectivity index (χ2v) is 10.2. The van der Waals surface area contributed by atoms with Gasteiger partial charge in [0.15, 0.2) is 12.2 Å². The third kappa shape index (κ3) is 8.26. The van der Waals surface area contributed by atoms with E-state index in [0.29, 0.717) is 5.57 Å². The van der Waals surface area contributed by atoms with Gasteiger partial charge in [0.25, 0.3) is 0 Å². The number of hydrogen-bond donors (Lipinski definition) is 1. The van der Waals surface area contributed by atoms with Gasteiger partial charge in [-0.15, -0.1) is 0 Å². The molecule has 2 rings (SSSR count). The highest BCUT2D eigenvalue weighted by Crippen LogP contribution is 2.41. The molecule has 1 aliphatic carbocycles. The largest absolute Gasteiger partial charge is 0.461 e. The summed E-state index contributed by atoms with van der Waals surface area (Å²) in [6.45, 7) is 13.4. The summed E-state index contributed by atoms with van der Waals surface area (Å²) in [5, 5.41) is 11.8. The van der Waals surface area contributed by atoms with E-state index in [-0.39, 0.29) is 24.8 Å². The smallest absolute Gasteiger partial charge is 0.334 e. The molecular weight excluding hydrogens is 512 g/mol. The van der Waals surface area contributed by atoms with Crippen LogP contribution in [0.4, 0.5) is 0 Å². The fourth-order valence-corrected chi connectivity index (χ4v) is 4.90. The molecule has 0 amide bonds. The minimum absolute atomic E-state index is 0.0309. The monoisotopic (exact) mass is 550 g/mol. The number of hydrogen-bond acceptors (Lipinski definition) is 11. The summed E-state index contributed by atoms with van der Waals surface area (Å²) in [6, 6.07) is 0. The van der Waals surface area contributed by atoms with Crippen LogP contribution >= 0.6 is 0 Å². The molecule has 1 aliphatic heterocycles. The van der Waals surface area contributed by atoms with E-state index in [1.807, 2.05) is 6.08 Å². The van der Waals surface area contributed by atoms with Crippen molar-refractivity contribution in [2.75, 3.05) is 0 Å². The Bertz CT molecular complexity index is 1070. The second kappa shape index (κ2) is 13.1. The van der Waals surface area contributed by atoms with Crippen LogP contribution in [0.2, 0.25) is 0 Å². The van der Waals surface area contributed by atoms with Crippen molar-refractivity contribution in [3.63, 3.8) is 0 Å². The number of carbonyl (C=O) groups excluding carboxylic acids is 5. The van der Waals surface area contributed by atoms with Gasteiger partial charge in [0.1, 0.15) is 23.9 Å². The van der Waals surface area contributed by atoms with Crippen LogP contribution in [0, 0.1) is 5.92 Å². The Morgan fingerprint density at radius 3 is 2.03 bits per heavy atom. The molecule has 0 aromatic rings. The Hall–Kier alpha value is -3.47. The number of esters is 5. The molecule has 0 aromatic heterocycles. The predicted octanol–water partition coefficient (Wildman–Crippen LogP) is 2.64. The van der Waals surface area contributed by atoms with Crippen molar-refractivity contribution in [1.82, 2.24) is 0 Å². The Kier molecular flexibility index (Phi) is 10.6. The van der Waals surface area contributed by atoms with E-state index >= 15 is 0 Å². The van der Waals surface area contributed by atoms with Crippen molar-refractivity contribution in [2.45, 2.75) is 104 Å². The highest BCUT2D eigenvalue weighted by Gasteiger charge is 2.57. The van der Waals surface area contributed by atoms with Gasteiger partial charge in [-0.05, 0) is 26.3 Å². The number of aliphatic hydroxyl groups is 1. The lowest BCUT2D eigenvalue weighted by Crippen LogP contribution is -2.59.